The second kappa shape index (κ2) is 10.7. The summed E-state index contributed by atoms with van der Waals surface area (Å²) in [4.78, 5) is 25.2. The van der Waals surface area contributed by atoms with Crippen LogP contribution in [0.4, 0.5) is 5.00 Å². The smallest absolute Gasteiger partial charge is 0.341 e. The first kappa shape index (κ1) is 23.1. The molecule has 0 bridgehead atoms. The van der Waals surface area contributed by atoms with E-state index in [9.17, 15) is 9.59 Å². The Kier molecular flexibility index (Phi) is 7.45. The third kappa shape index (κ3) is 5.63. The van der Waals surface area contributed by atoms with Crippen molar-refractivity contribution in [3.05, 3.63) is 70.1 Å². The minimum Gasteiger partial charge on any atom is -0.494 e. The van der Waals surface area contributed by atoms with Gasteiger partial charge in [-0.15, -0.1) is 11.3 Å². The van der Waals surface area contributed by atoms with Gasteiger partial charge in [-0.25, -0.2) is 4.79 Å². The minimum absolute atomic E-state index is 0.146. The fourth-order valence-corrected chi connectivity index (χ4v) is 5.16. The molecule has 1 amide bonds. The molecule has 33 heavy (non-hydrogen) atoms. The summed E-state index contributed by atoms with van der Waals surface area (Å²) in [6.45, 7) is 2.46. The minimum atomic E-state index is -0.443. The van der Waals surface area contributed by atoms with Crippen LogP contribution >= 0.6 is 11.3 Å². The SMILES string of the molecule is COC(=O)c1c(-c2ccc3c(c2)CCCC3)csc1NC(=O)CCCOc1cccc(C)c1. The van der Waals surface area contributed by atoms with Crippen molar-refractivity contribution in [1.82, 2.24) is 0 Å². The highest BCUT2D eigenvalue weighted by molar-refractivity contribution is 7.15. The third-order valence-electron chi connectivity index (χ3n) is 5.90. The maximum absolute atomic E-state index is 12.6. The van der Waals surface area contributed by atoms with Crippen LogP contribution in [0.1, 0.15) is 52.7 Å². The second-order valence-electron chi connectivity index (χ2n) is 8.35. The number of esters is 1. The van der Waals surface area contributed by atoms with Crippen molar-refractivity contribution in [2.75, 3.05) is 19.0 Å². The predicted molar refractivity (Wildman–Crippen MR) is 132 cm³/mol. The quantitative estimate of drug-likeness (QED) is 0.320. The lowest BCUT2D eigenvalue weighted by Gasteiger charge is -2.16. The molecule has 1 N–H and O–H groups in total. The number of anilines is 1. The van der Waals surface area contributed by atoms with Gasteiger partial charge in [0.15, 0.2) is 0 Å². The maximum atomic E-state index is 12.6. The molecule has 3 aromatic rings. The summed E-state index contributed by atoms with van der Waals surface area (Å²) in [5.41, 5.74) is 6.08. The average Bonchev–Trinajstić information content (AvgIpc) is 3.24. The van der Waals surface area contributed by atoms with E-state index in [1.807, 2.05) is 36.6 Å². The summed E-state index contributed by atoms with van der Waals surface area (Å²) < 4.78 is 10.8. The molecule has 1 heterocycles. The van der Waals surface area contributed by atoms with E-state index in [0.29, 0.717) is 30.0 Å². The van der Waals surface area contributed by atoms with Crippen molar-refractivity contribution < 1.29 is 19.1 Å². The maximum Gasteiger partial charge on any atom is 0.341 e. The molecule has 0 fully saturated rings. The number of carbonyl (C=O) groups excluding carboxylic acids is 2. The number of hydrogen-bond acceptors (Lipinski definition) is 5. The number of aryl methyl sites for hydroxylation is 3. The first-order valence-corrected chi connectivity index (χ1v) is 12.2. The number of amides is 1. The van der Waals surface area contributed by atoms with Crippen LogP contribution in [0, 0.1) is 6.92 Å². The van der Waals surface area contributed by atoms with Crippen LogP contribution in [-0.4, -0.2) is 25.6 Å². The summed E-state index contributed by atoms with van der Waals surface area (Å²) >= 11 is 1.35. The molecule has 0 aliphatic heterocycles. The molecule has 2 aromatic carbocycles. The van der Waals surface area contributed by atoms with Gasteiger partial charge >= 0.3 is 5.97 Å². The number of hydrogen-bond donors (Lipinski definition) is 1. The second-order valence-corrected chi connectivity index (χ2v) is 9.23. The lowest BCUT2D eigenvalue weighted by Crippen LogP contribution is -2.15. The number of carbonyl (C=O) groups is 2. The molecule has 6 heteroatoms. The number of rotatable bonds is 8. The van der Waals surface area contributed by atoms with Crippen LogP contribution in [0.3, 0.4) is 0 Å². The van der Waals surface area contributed by atoms with Gasteiger partial charge in [0.05, 0.1) is 13.7 Å². The summed E-state index contributed by atoms with van der Waals surface area (Å²) in [6.07, 6.45) is 5.48. The van der Waals surface area contributed by atoms with Gasteiger partial charge in [-0.3, -0.25) is 4.79 Å². The highest BCUT2D eigenvalue weighted by Gasteiger charge is 2.23. The van der Waals surface area contributed by atoms with Crippen LogP contribution in [0.5, 0.6) is 5.75 Å². The van der Waals surface area contributed by atoms with Crippen LogP contribution in [0.25, 0.3) is 11.1 Å². The highest BCUT2D eigenvalue weighted by atomic mass is 32.1. The lowest BCUT2D eigenvalue weighted by atomic mass is 9.89. The first-order valence-electron chi connectivity index (χ1n) is 11.4. The fourth-order valence-electron chi connectivity index (χ4n) is 4.19. The van der Waals surface area contributed by atoms with E-state index in [2.05, 4.69) is 23.5 Å². The number of fused-ring (bicyclic) bond motifs is 1. The molecule has 1 aliphatic carbocycles. The molecule has 0 radical (unpaired) electrons. The van der Waals surface area contributed by atoms with Gasteiger partial charge in [-0.05, 0) is 73.4 Å². The molecule has 5 nitrogen and oxygen atoms in total. The zero-order valence-corrected chi connectivity index (χ0v) is 19.9. The van der Waals surface area contributed by atoms with Crippen LogP contribution < -0.4 is 10.1 Å². The van der Waals surface area contributed by atoms with Gasteiger partial charge in [-0.2, -0.15) is 0 Å². The topological polar surface area (TPSA) is 64.6 Å². The van der Waals surface area contributed by atoms with Crippen molar-refractivity contribution in [1.29, 1.82) is 0 Å². The van der Waals surface area contributed by atoms with Crippen molar-refractivity contribution in [2.45, 2.75) is 45.4 Å². The fraction of sp³-hybridized carbons (Fsp3) is 0.333. The molecule has 0 saturated heterocycles. The van der Waals surface area contributed by atoms with Crippen LogP contribution in [0.15, 0.2) is 47.8 Å². The number of thiophene rings is 1. The van der Waals surface area contributed by atoms with Crippen molar-refractivity contribution in [2.24, 2.45) is 0 Å². The predicted octanol–water partition coefficient (Wildman–Crippen LogP) is 6.19. The molecule has 1 aromatic heterocycles. The lowest BCUT2D eigenvalue weighted by molar-refractivity contribution is -0.116. The van der Waals surface area contributed by atoms with E-state index in [0.717, 1.165) is 35.3 Å². The van der Waals surface area contributed by atoms with E-state index in [-0.39, 0.29) is 5.91 Å². The zero-order valence-electron chi connectivity index (χ0n) is 19.1. The third-order valence-corrected chi connectivity index (χ3v) is 6.79. The Labute approximate surface area is 198 Å². The highest BCUT2D eigenvalue weighted by Crippen LogP contribution is 2.37. The Hall–Kier alpha value is -3.12. The van der Waals surface area contributed by atoms with Gasteiger partial charge in [0, 0.05) is 17.4 Å². The van der Waals surface area contributed by atoms with E-state index >= 15 is 0 Å². The Balaban J connectivity index is 1.43. The summed E-state index contributed by atoms with van der Waals surface area (Å²) in [6, 6.07) is 14.2. The molecule has 0 unspecified atom stereocenters. The largest absolute Gasteiger partial charge is 0.494 e. The summed E-state index contributed by atoms with van der Waals surface area (Å²) in [5, 5.41) is 5.36. The van der Waals surface area contributed by atoms with E-state index in [1.54, 1.807) is 0 Å². The number of methoxy groups -OCH3 is 1. The van der Waals surface area contributed by atoms with E-state index in [1.165, 1.54) is 42.4 Å². The number of ether oxygens (including phenoxy) is 2. The molecular formula is C27H29NO4S. The molecule has 0 atom stereocenters. The van der Waals surface area contributed by atoms with Gasteiger partial charge in [0.25, 0.3) is 0 Å². The summed E-state index contributed by atoms with van der Waals surface area (Å²) in [5.74, 6) is 0.213. The number of benzene rings is 2. The Morgan fingerprint density at radius 1 is 1.06 bits per heavy atom. The molecule has 172 valence electrons. The molecule has 0 saturated carbocycles. The monoisotopic (exact) mass is 463 g/mol. The normalized spacial score (nSPS) is 12.7. The van der Waals surface area contributed by atoms with Crippen molar-refractivity contribution >= 4 is 28.2 Å². The summed E-state index contributed by atoms with van der Waals surface area (Å²) in [7, 11) is 1.37. The Morgan fingerprint density at radius 2 is 1.88 bits per heavy atom. The zero-order chi connectivity index (χ0) is 23.2. The first-order chi connectivity index (χ1) is 16.0. The van der Waals surface area contributed by atoms with E-state index in [4.69, 9.17) is 9.47 Å². The molecule has 1 aliphatic rings. The number of nitrogens with one attached hydrogen (secondary N) is 1. The van der Waals surface area contributed by atoms with Crippen molar-refractivity contribution in [3.8, 4) is 16.9 Å². The van der Waals surface area contributed by atoms with Crippen LogP contribution in [0.2, 0.25) is 0 Å². The van der Waals surface area contributed by atoms with Crippen molar-refractivity contribution in [3.63, 3.8) is 0 Å². The Bertz CT molecular complexity index is 1150. The van der Waals surface area contributed by atoms with Gasteiger partial charge < -0.3 is 14.8 Å². The van der Waals surface area contributed by atoms with Crippen LogP contribution in [-0.2, 0) is 22.4 Å². The Morgan fingerprint density at radius 3 is 2.67 bits per heavy atom. The van der Waals surface area contributed by atoms with Gasteiger partial charge in [0.1, 0.15) is 16.3 Å². The van der Waals surface area contributed by atoms with E-state index < -0.39 is 5.97 Å². The van der Waals surface area contributed by atoms with Gasteiger partial charge in [-0.1, -0.05) is 30.3 Å². The molecule has 4 rings (SSSR count). The molecule has 0 spiro atoms. The molecular weight excluding hydrogens is 434 g/mol. The van der Waals surface area contributed by atoms with Gasteiger partial charge in [0.2, 0.25) is 5.91 Å². The average molecular weight is 464 g/mol. The standard InChI is InChI=1S/C27H29NO4S/c1-18-7-5-10-22(15-18)32-14-6-11-24(29)28-26-25(27(30)31-2)23(17-33-26)21-13-12-19-8-3-4-9-20(19)16-21/h5,7,10,12-13,15-17H,3-4,6,8-9,11,14H2,1-2H3,(H,28,29).